The van der Waals surface area contributed by atoms with Crippen LogP contribution in [0.4, 0.5) is 0 Å². The van der Waals surface area contributed by atoms with E-state index in [9.17, 15) is 9.59 Å². The third kappa shape index (κ3) is 5.76. The highest BCUT2D eigenvalue weighted by Crippen LogP contribution is 2.40. The number of nitrogens with one attached hydrogen (secondary N) is 2. The van der Waals surface area contributed by atoms with E-state index >= 15 is 0 Å². The van der Waals surface area contributed by atoms with Gasteiger partial charge in [0.15, 0.2) is 16.6 Å². The molecule has 34 heavy (non-hydrogen) atoms. The van der Waals surface area contributed by atoms with Crippen molar-refractivity contribution in [3.8, 4) is 11.5 Å². The normalized spacial score (nSPS) is 15.6. The molecule has 3 rings (SSSR count). The number of carbonyl (C=O) groups is 2. The first kappa shape index (κ1) is 25.3. The van der Waals surface area contributed by atoms with Crippen molar-refractivity contribution in [3.05, 3.63) is 75.5 Å². The molecule has 0 fully saturated rings. The molecule has 1 unspecified atom stereocenters. The molecule has 0 saturated carbocycles. The molecule has 2 N–H and O–H groups in total. The molecule has 178 valence electrons. The van der Waals surface area contributed by atoms with Crippen molar-refractivity contribution in [1.82, 2.24) is 10.6 Å². The van der Waals surface area contributed by atoms with Gasteiger partial charge in [0.25, 0.3) is 0 Å². The molecule has 1 heterocycles. The molecule has 0 aromatic heterocycles. The SMILES string of the molecule is CCOC(=O)C1=C(C)NC(=S)NC1c1cc(Cl)c(OC(=O)/C=C/c2ccccc2C)c(OC)c1. The Balaban J connectivity index is 1.91. The van der Waals surface area contributed by atoms with Crippen molar-refractivity contribution in [2.45, 2.75) is 26.8 Å². The van der Waals surface area contributed by atoms with Crippen molar-refractivity contribution >= 4 is 46.9 Å². The lowest BCUT2D eigenvalue weighted by molar-refractivity contribution is -0.139. The Bertz CT molecular complexity index is 1190. The van der Waals surface area contributed by atoms with Gasteiger partial charge >= 0.3 is 11.9 Å². The van der Waals surface area contributed by atoms with Gasteiger partial charge in [-0.15, -0.1) is 0 Å². The van der Waals surface area contributed by atoms with E-state index in [1.807, 2.05) is 31.2 Å². The van der Waals surface area contributed by atoms with Crippen LogP contribution in [0.1, 0.15) is 36.6 Å². The van der Waals surface area contributed by atoms with Gasteiger partial charge in [0.2, 0.25) is 0 Å². The Hall–Kier alpha value is -3.36. The Morgan fingerprint density at radius 2 is 1.94 bits per heavy atom. The second-order valence-electron chi connectivity index (χ2n) is 7.44. The lowest BCUT2D eigenvalue weighted by Crippen LogP contribution is -2.45. The Morgan fingerprint density at radius 3 is 2.62 bits per heavy atom. The fourth-order valence-electron chi connectivity index (χ4n) is 3.49. The number of benzene rings is 2. The minimum Gasteiger partial charge on any atom is -0.493 e. The zero-order valence-corrected chi connectivity index (χ0v) is 20.8. The maximum atomic E-state index is 12.6. The predicted octanol–water partition coefficient (Wildman–Crippen LogP) is 4.63. The van der Waals surface area contributed by atoms with Crippen molar-refractivity contribution < 1.29 is 23.8 Å². The van der Waals surface area contributed by atoms with Gasteiger partial charge in [-0.3, -0.25) is 0 Å². The third-order valence-corrected chi connectivity index (χ3v) is 5.64. The van der Waals surface area contributed by atoms with E-state index in [-0.39, 0.29) is 23.1 Å². The third-order valence-electron chi connectivity index (χ3n) is 5.14. The number of ether oxygens (including phenoxy) is 3. The second kappa shape index (κ2) is 11.2. The van der Waals surface area contributed by atoms with Crippen LogP contribution in [-0.2, 0) is 14.3 Å². The topological polar surface area (TPSA) is 85.9 Å². The Labute approximate surface area is 208 Å². The molecule has 1 atom stereocenters. The summed E-state index contributed by atoms with van der Waals surface area (Å²) in [7, 11) is 1.43. The summed E-state index contributed by atoms with van der Waals surface area (Å²) in [6, 6.07) is 10.3. The largest absolute Gasteiger partial charge is 0.493 e. The van der Waals surface area contributed by atoms with E-state index in [4.69, 9.17) is 38.0 Å². The van der Waals surface area contributed by atoms with E-state index in [0.29, 0.717) is 21.9 Å². The summed E-state index contributed by atoms with van der Waals surface area (Å²) in [5, 5.41) is 6.49. The maximum Gasteiger partial charge on any atom is 0.338 e. The zero-order chi connectivity index (χ0) is 24.8. The average Bonchev–Trinajstić information content (AvgIpc) is 2.79. The number of carbonyl (C=O) groups excluding carboxylic acids is 2. The van der Waals surface area contributed by atoms with Crippen LogP contribution >= 0.6 is 23.8 Å². The van der Waals surface area contributed by atoms with Crippen molar-refractivity contribution in [2.75, 3.05) is 13.7 Å². The summed E-state index contributed by atoms with van der Waals surface area (Å²) in [6.45, 7) is 5.64. The van der Waals surface area contributed by atoms with Gasteiger partial charge in [-0.1, -0.05) is 35.9 Å². The highest BCUT2D eigenvalue weighted by atomic mass is 35.5. The highest BCUT2D eigenvalue weighted by molar-refractivity contribution is 7.80. The minimum atomic E-state index is -0.634. The van der Waals surface area contributed by atoms with Crippen LogP contribution in [0.25, 0.3) is 6.08 Å². The number of aryl methyl sites for hydroxylation is 1. The fourth-order valence-corrected chi connectivity index (χ4v) is 4.02. The van der Waals surface area contributed by atoms with Crippen molar-refractivity contribution in [2.24, 2.45) is 0 Å². The van der Waals surface area contributed by atoms with Gasteiger partial charge in [0.05, 0.1) is 30.4 Å². The quantitative estimate of drug-likeness (QED) is 0.246. The number of hydrogen-bond donors (Lipinski definition) is 2. The monoisotopic (exact) mass is 500 g/mol. The second-order valence-corrected chi connectivity index (χ2v) is 8.25. The summed E-state index contributed by atoms with van der Waals surface area (Å²) in [6.07, 6.45) is 3.00. The molecule has 0 spiro atoms. The van der Waals surface area contributed by atoms with Crippen molar-refractivity contribution in [1.29, 1.82) is 0 Å². The molecule has 0 radical (unpaired) electrons. The Morgan fingerprint density at radius 1 is 1.21 bits per heavy atom. The molecule has 2 aromatic rings. The van der Waals surface area contributed by atoms with Crippen LogP contribution < -0.4 is 20.1 Å². The van der Waals surface area contributed by atoms with Gasteiger partial charge in [-0.25, -0.2) is 9.59 Å². The first-order valence-electron chi connectivity index (χ1n) is 10.5. The molecule has 0 saturated heterocycles. The number of methoxy groups -OCH3 is 1. The smallest absolute Gasteiger partial charge is 0.338 e. The van der Waals surface area contributed by atoms with Gasteiger partial charge < -0.3 is 24.8 Å². The van der Waals surface area contributed by atoms with Gasteiger partial charge in [0.1, 0.15) is 0 Å². The van der Waals surface area contributed by atoms with E-state index in [2.05, 4.69) is 10.6 Å². The summed E-state index contributed by atoms with van der Waals surface area (Å²) in [4.78, 5) is 25.1. The number of hydrogen-bond acceptors (Lipinski definition) is 6. The van der Waals surface area contributed by atoms with E-state index in [1.54, 1.807) is 32.1 Å². The van der Waals surface area contributed by atoms with E-state index in [0.717, 1.165) is 11.1 Å². The number of esters is 2. The number of thiocarbonyl (C=S) groups is 1. The molecule has 9 heteroatoms. The zero-order valence-electron chi connectivity index (χ0n) is 19.2. The van der Waals surface area contributed by atoms with Gasteiger partial charge in [0, 0.05) is 11.8 Å². The minimum absolute atomic E-state index is 0.0715. The molecule has 1 aliphatic heterocycles. The molecule has 0 aliphatic carbocycles. The van der Waals surface area contributed by atoms with Crippen LogP contribution in [0, 0.1) is 6.92 Å². The fraction of sp³-hybridized carbons (Fsp3) is 0.240. The summed E-state index contributed by atoms with van der Waals surface area (Å²) < 4.78 is 16.1. The molecular weight excluding hydrogens is 476 g/mol. The van der Waals surface area contributed by atoms with Crippen molar-refractivity contribution in [3.63, 3.8) is 0 Å². The van der Waals surface area contributed by atoms with E-state index < -0.39 is 18.0 Å². The van der Waals surface area contributed by atoms with Crippen LogP contribution in [0.3, 0.4) is 0 Å². The number of rotatable bonds is 7. The van der Waals surface area contributed by atoms with Crippen LogP contribution in [-0.4, -0.2) is 30.8 Å². The van der Waals surface area contributed by atoms with Gasteiger partial charge in [-0.05, 0) is 67.9 Å². The van der Waals surface area contributed by atoms with Gasteiger partial charge in [-0.2, -0.15) is 0 Å². The highest BCUT2D eigenvalue weighted by Gasteiger charge is 2.32. The number of halogens is 1. The molecule has 2 aromatic carbocycles. The lowest BCUT2D eigenvalue weighted by Gasteiger charge is -2.30. The molecular formula is C25H25ClN2O5S. The standard InChI is InChI=1S/C25H25ClN2O5S/c1-5-32-24(30)21-15(3)27-25(34)28-22(21)17-12-18(26)23(19(13-17)31-4)33-20(29)11-10-16-9-7-6-8-14(16)2/h6-13,22H,5H2,1-4H3,(H2,27,28,34)/b11-10+. The molecule has 0 amide bonds. The van der Waals surface area contributed by atoms with E-state index in [1.165, 1.54) is 13.2 Å². The maximum absolute atomic E-state index is 12.6. The summed E-state index contributed by atoms with van der Waals surface area (Å²) in [5.41, 5.74) is 3.44. The lowest BCUT2D eigenvalue weighted by atomic mass is 9.95. The average molecular weight is 501 g/mol. The van der Waals surface area contributed by atoms with Crippen LogP contribution in [0.5, 0.6) is 11.5 Å². The molecule has 1 aliphatic rings. The van der Waals surface area contributed by atoms with Crippen LogP contribution in [0.15, 0.2) is 53.7 Å². The summed E-state index contributed by atoms with van der Waals surface area (Å²) in [5.74, 6) is -0.797. The molecule has 7 nitrogen and oxygen atoms in total. The molecule has 0 bridgehead atoms. The summed E-state index contributed by atoms with van der Waals surface area (Å²) >= 11 is 11.8. The van der Waals surface area contributed by atoms with Crippen LogP contribution in [0.2, 0.25) is 5.02 Å². The first-order chi connectivity index (χ1) is 16.2. The number of allylic oxidation sites excluding steroid dienone is 1. The Kier molecular flexibility index (Phi) is 8.31. The first-order valence-corrected chi connectivity index (χ1v) is 11.3. The predicted molar refractivity (Wildman–Crippen MR) is 135 cm³/mol.